The Kier molecular flexibility index (Phi) is 4.19. The SMILES string of the molecule is CCOC(CC(=O)C12CC3CC(CC(C3)C1)C2)OCC. The third-order valence-electron chi connectivity index (χ3n) is 5.69. The largest absolute Gasteiger partial charge is 0.352 e. The number of hydrogen-bond acceptors (Lipinski definition) is 3. The molecule has 4 aliphatic rings. The van der Waals surface area contributed by atoms with Crippen LogP contribution in [-0.4, -0.2) is 25.3 Å². The Morgan fingerprint density at radius 2 is 1.45 bits per heavy atom. The van der Waals surface area contributed by atoms with Crippen LogP contribution < -0.4 is 0 Å². The normalized spacial score (nSPS) is 38.6. The van der Waals surface area contributed by atoms with Crippen molar-refractivity contribution < 1.29 is 14.3 Å². The van der Waals surface area contributed by atoms with Crippen molar-refractivity contribution in [2.45, 2.75) is 65.1 Å². The summed E-state index contributed by atoms with van der Waals surface area (Å²) in [5.74, 6) is 2.89. The van der Waals surface area contributed by atoms with E-state index in [0.29, 0.717) is 25.4 Å². The van der Waals surface area contributed by atoms with Crippen molar-refractivity contribution in [3.05, 3.63) is 0 Å². The van der Waals surface area contributed by atoms with Crippen LogP contribution in [-0.2, 0) is 14.3 Å². The van der Waals surface area contributed by atoms with Crippen molar-refractivity contribution in [1.29, 1.82) is 0 Å². The second-order valence-electron chi connectivity index (χ2n) is 7.17. The summed E-state index contributed by atoms with van der Waals surface area (Å²) in [7, 11) is 0. The lowest BCUT2D eigenvalue weighted by Crippen LogP contribution is -2.50. The van der Waals surface area contributed by atoms with E-state index in [1.54, 1.807) is 0 Å². The quantitative estimate of drug-likeness (QED) is 0.669. The molecule has 0 saturated heterocycles. The molecule has 0 heterocycles. The van der Waals surface area contributed by atoms with Crippen LogP contribution in [0.15, 0.2) is 0 Å². The first-order chi connectivity index (χ1) is 9.65. The van der Waals surface area contributed by atoms with Crippen LogP contribution in [0.1, 0.15) is 58.8 Å². The van der Waals surface area contributed by atoms with Gasteiger partial charge in [0.25, 0.3) is 0 Å². The summed E-state index contributed by atoms with van der Waals surface area (Å²) in [5.41, 5.74) is -0.0127. The zero-order valence-corrected chi connectivity index (χ0v) is 12.9. The predicted octanol–water partition coefficient (Wildman–Crippen LogP) is 3.56. The van der Waals surface area contributed by atoms with E-state index < -0.39 is 0 Å². The van der Waals surface area contributed by atoms with Crippen molar-refractivity contribution in [2.24, 2.45) is 23.2 Å². The molecule has 0 aromatic carbocycles. The lowest BCUT2D eigenvalue weighted by atomic mass is 9.48. The number of ketones is 1. The summed E-state index contributed by atoms with van der Waals surface area (Å²) in [6.07, 6.45) is 7.69. The van der Waals surface area contributed by atoms with E-state index in [1.165, 1.54) is 19.3 Å². The van der Waals surface area contributed by atoms with Crippen molar-refractivity contribution >= 4 is 5.78 Å². The Hall–Kier alpha value is -0.410. The highest BCUT2D eigenvalue weighted by molar-refractivity contribution is 5.85. The standard InChI is InChI=1S/C17H28O3/c1-3-19-16(20-4-2)8-15(18)17-9-12-5-13(10-17)7-14(6-12)11-17/h12-14,16H,3-11H2,1-2H3. The van der Waals surface area contributed by atoms with Crippen LogP contribution in [0.2, 0.25) is 0 Å². The monoisotopic (exact) mass is 280 g/mol. The van der Waals surface area contributed by atoms with Gasteiger partial charge in [-0.05, 0) is 70.1 Å². The van der Waals surface area contributed by atoms with E-state index in [2.05, 4.69) is 0 Å². The minimum absolute atomic E-state index is 0.0127. The first-order valence-corrected chi connectivity index (χ1v) is 8.41. The van der Waals surface area contributed by atoms with Gasteiger partial charge in [0.1, 0.15) is 5.78 Å². The van der Waals surface area contributed by atoms with Crippen molar-refractivity contribution in [3.8, 4) is 0 Å². The Morgan fingerprint density at radius 3 is 1.85 bits per heavy atom. The number of carbonyl (C=O) groups is 1. The lowest BCUT2D eigenvalue weighted by molar-refractivity contribution is -0.167. The molecule has 20 heavy (non-hydrogen) atoms. The van der Waals surface area contributed by atoms with E-state index in [1.807, 2.05) is 13.8 Å². The van der Waals surface area contributed by atoms with E-state index in [4.69, 9.17) is 9.47 Å². The van der Waals surface area contributed by atoms with E-state index >= 15 is 0 Å². The molecule has 0 aromatic heterocycles. The molecule has 0 spiro atoms. The van der Waals surface area contributed by atoms with Gasteiger partial charge in [0.05, 0.1) is 6.42 Å². The van der Waals surface area contributed by atoms with Crippen molar-refractivity contribution in [1.82, 2.24) is 0 Å². The predicted molar refractivity (Wildman–Crippen MR) is 77.3 cm³/mol. The fourth-order valence-electron chi connectivity index (χ4n) is 5.36. The highest BCUT2D eigenvalue weighted by atomic mass is 16.7. The summed E-state index contributed by atoms with van der Waals surface area (Å²) < 4.78 is 11.1. The molecule has 0 radical (unpaired) electrons. The van der Waals surface area contributed by atoms with Gasteiger partial charge in [0.2, 0.25) is 0 Å². The molecule has 0 N–H and O–H groups in total. The van der Waals surface area contributed by atoms with Gasteiger partial charge in [-0.1, -0.05) is 0 Å². The molecule has 3 nitrogen and oxygen atoms in total. The highest BCUT2D eigenvalue weighted by Gasteiger charge is 2.54. The Labute approximate surface area is 122 Å². The first-order valence-electron chi connectivity index (χ1n) is 8.41. The zero-order valence-electron chi connectivity index (χ0n) is 12.9. The highest BCUT2D eigenvalue weighted by Crippen LogP contribution is 2.60. The Balaban J connectivity index is 1.67. The van der Waals surface area contributed by atoms with Gasteiger partial charge < -0.3 is 9.47 Å². The zero-order chi connectivity index (χ0) is 14.2. The second-order valence-corrected chi connectivity index (χ2v) is 7.17. The molecule has 4 rings (SSSR count). The summed E-state index contributed by atoms with van der Waals surface area (Å²) in [6, 6.07) is 0. The Morgan fingerprint density at radius 1 is 1.00 bits per heavy atom. The van der Waals surface area contributed by atoms with Gasteiger partial charge >= 0.3 is 0 Å². The summed E-state index contributed by atoms with van der Waals surface area (Å²) in [5, 5.41) is 0. The maximum Gasteiger partial charge on any atom is 0.164 e. The minimum atomic E-state index is -0.328. The van der Waals surface area contributed by atoms with Crippen LogP contribution in [0.5, 0.6) is 0 Å². The van der Waals surface area contributed by atoms with Crippen molar-refractivity contribution in [3.63, 3.8) is 0 Å². The van der Waals surface area contributed by atoms with E-state index in [0.717, 1.165) is 37.0 Å². The fraction of sp³-hybridized carbons (Fsp3) is 0.941. The second kappa shape index (κ2) is 5.76. The van der Waals surface area contributed by atoms with Crippen LogP contribution in [0, 0.1) is 23.2 Å². The molecule has 0 amide bonds. The van der Waals surface area contributed by atoms with Gasteiger partial charge in [0.15, 0.2) is 6.29 Å². The average Bonchev–Trinajstić information content (AvgIpc) is 2.37. The lowest BCUT2D eigenvalue weighted by Gasteiger charge is -2.56. The number of rotatable bonds is 7. The van der Waals surface area contributed by atoms with Crippen LogP contribution in [0.25, 0.3) is 0 Å². The molecular weight excluding hydrogens is 252 g/mol. The molecule has 0 aromatic rings. The molecule has 4 fully saturated rings. The number of hydrogen-bond donors (Lipinski definition) is 0. The molecule has 4 bridgehead atoms. The molecule has 114 valence electrons. The summed E-state index contributed by atoms with van der Waals surface area (Å²) in [6.45, 7) is 5.14. The minimum Gasteiger partial charge on any atom is -0.352 e. The molecular formula is C17H28O3. The van der Waals surface area contributed by atoms with Gasteiger partial charge in [-0.2, -0.15) is 0 Å². The number of Topliss-reactive ketones (excluding diaryl/α,β-unsaturated/α-hetero) is 1. The van der Waals surface area contributed by atoms with Crippen LogP contribution in [0.4, 0.5) is 0 Å². The average molecular weight is 280 g/mol. The smallest absolute Gasteiger partial charge is 0.164 e. The maximum atomic E-state index is 12.9. The number of carbonyl (C=O) groups excluding carboxylic acids is 1. The van der Waals surface area contributed by atoms with Gasteiger partial charge in [-0.15, -0.1) is 0 Å². The third-order valence-corrected chi connectivity index (χ3v) is 5.69. The maximum absolute atomic E-state index is 12.9. The molecule has 3 heteroatoms. The van der Waals surface area contributed by atoms with E-state index in [-0.39, 0.29) is 11.7 Å². The van der Waals surface area contributed by atoms with Gasteiger partial charge in [-0.25, -0.2) is 0 Å². The topological polar surface area (TPSA) is 35.5 Å². The molecule has 4 aliphatic carbocycles. The Bertz CT molecular complexity index is 322. The summed E-state index contributed by atoms with van der Waals surface area (Å²) in [4.78, 5) is 12.9. The number of ether oxygens (including phenoxy) is 2. The van der Waals surface area contributed by atoms with Gasteiger partial charge in [0, 0.05) is 18.6 Å². The third kappa shape index (κ3) is 2.67. The first kappa shape index (κ1) is 14.5. The molecule has 0 aliphatic heterocycles. The van der Waals surface area contributed by atoms with Crippen molar-refractivity contribution in [2.75, 3.05) is 13.2 Å². The van der Waals surface area contributed by atoms with Crippen LogP contribution >= 0.6 is 0 Å². The van der Waals surface area contributed by atoms with Gasteiger partial charge in [-0.3, -0.25) is 4.79 Å². The molecule has 0 atom stereocenters. The molecule has 0 unspecified atom stereocenters. The van der Waals surface area contributed by atoms with E-state index in [9.17, 15) is 4.79 Å². The molecule has 4 saturated carbocycles. The fourth-order valence-corrected chi connectivity index (χ4v) is 5.36. The summed E-state index contributed by atoms with van der Waals surface area (Å²) >= 11 is 0. The van der Waals surface area contributed by atoms with Crippen LogP contribution in [0.3, 0.4) is 0 Å².